The summed E-state index contributed by atoms with van der Waals surface area (Å²) in [5.41, 5.74) is 2.15. The molecule has 6 nitrogen and oxygen atoms in total. The zero-order valence-electron chi connectivity index (χ0n) is 18.2. The topological polar surface area (TPSA) is 74.2 Å². The van der Waals surface area contributed by atoms with E-state index < -0.39 is 11.9 Å². The molecule has 0 saturated heterocycles. The SMILES string of the molecule is CCOc1cc(/C=C2\N=C(c3ccccc3Cl)OC2=O)ccc1OC(=O)/C=C/c1ccccc1. The van der Waals surface area contributed by atoms with Gasteiger partial charge in [0.1, 0.15) is 0 Å². The molecule has 170 valence electrons. The third-order valence-electron chi connectivity index (χ3n) is 4.72. The first-order chi connectivity index (χ1) is 16.5. The van der Waals surface area contributed by atoms with Crippen molar-refractivity contribution in [2.45, 2.75) is 6.92 Å². The smallest absolute Gasteiger partial charge is 0.363 e. The Labute approximate surface area is 201 Å². The van der Waals surface area contributed by atoms with E-state index in [2.05, 4.69) is 4.99 Å². The molecule has 1 heterocycles. The van der Waals surface area contributed by atoms with E-state index in [0.717, 1.165) is 5.56 Å². The molecule has 0 radical (unpaired) electrons. The molecule has 1 aliphatic heterocycles. The summed E-state index contributed by atoms with van der Waals surface area (Å²) >= 11 is 6.18. The summed E-state index contributed by atoms with van der Waals surface area (Å²) in [5, 5.41) is 0.432. The van der Waals surface area contributed by atoms with Crippen LogP contribution in [-0.2, 0) is 14.3 Å². The van der Waals surface area contributed by atoms with Crippen LogP contribution in [0.15, 0.2) is 89.6 Å². The van der Waals surface area contributed by atoms with E-state index in [-0.39, 0.29) is 17.3 Å². The highest BCUT2D eigenvalue weighted by Crippen LogP contribution is 2.31. The van der Waals surface area contributed by atoms with Gasteiger partial charge in [0.2, 0.25) is 5.90 Å². The van der Waals surface area contributed by atoms with E-state index in [1.165, 1.54) is 6.08 Å². The Bertz CT molecular complexity index is 1310. The Morgan fingerprint density at radius 3 is 2.53 bits per heavy atom. The summed E-state index contributed by atoms with van der Waals surface area (Å²) in [6, 6.07) is 21.4. The van der Waals surface area contributed by atoms with Crippen LogP contribution in [0.25, 0.3) is 12.2 Å². The van der Waals surface area contributed by atoms with Gasteiger partial charge in [0.15, 0.2) is 17.2 Å². The molecule has 4 rings (SSSR count). The molecule has 0 N–H and O–H groups in total. The van der Waals surface area contributed by atoms with Crippen LogP contribution in [-0.4, -0.2) is 24.4 Å². The van der Waals surface area contributed by atoms with Crippen molar-refractivity contribution >= 4 is 41.6 Å². The zero-order chi connectivity index (χ0) is 23.9. The van der Waals surface area contributed by atoms with Crippen molar-refractivity contribution in [2.24, 2.45) is 4.99 Å². The minimum Gasteiger partial charge on any atom is -0.490 e. The summed E-state index contributed by atoms with van der Waals surface area (Å²) in [5.74, 6) is -0.359. The van der Waals surface area contributed by atoms with Crippen LogP contribution in [0.4, 0.5) is 0 Å². The fraction of sp³-hybridized carbons (Fsp3) is 0.0741. The minimum absolute atomic E-state index is 0.118. The Morgan fingerprint density at radius 1 is 1.00 bits per heavy atom. The van der Waals surface area contributed by atoms with E-state index >= 15 is 0 Å². The highest BCUT2D eigenvalue weighted by molar-refractivity contribution is 6.34. The largest absolute Gasteiger partial charge is 0.490 e. The molecular formula is C27H20ClNO5. The van der Waals surface area contributed by atoms with Gasteiger partial charge in [0.25, 0.3) is 0 Å². The second kappa shape index (κ2) is 10.6. The second-order valence-corrected chi connectivity index (χ2v) is 7.53. The van der Waals surface area contributed by atoms with Gasteiger partial charge in [0, 0.05) is 6.08 Å². The lowest BCUT2D eigenvalue weighted by atomic mass is 10.1. The van der Waals surface area contributed by atoms with Crippen molar-refractivity contribution in [1.29, 1.82) is 0 Å². The van der Waals surface area contributed by atoms with Gasteiger partial charge in [-0.05, 0) is 54.5 Å². The van der Waals surface area contributed by atoms with E-state index in [0.29, 0.717) is 28.5 Å². The molecule has 0 bridgehead atoms. The molecule has 0 atom stereocenters. The lowest BCUT2D eigenvalue weighted by Gasteiger charge is -2.10. The van der Waals surface area contributed by atoms with Gasteiger partial charge in [-0.25, -0.2) is 14.6 Å². The van der Waals surface area contributed by atoms with Crippen molar-refractivity contribution in [3.05, 3.63) is 106 Å². The zero-order valence-corrected chi connectivity index (χ0v) is 19.0. The average Bonchev–Trinajstić information content (AvgIpc) is 3.20. The van der Waals surface area contributed by atoms with Crippen LogP contribution in [0.2, 0.25) is 5.02 Å². The van der Waals surface area contributed by atoms with Gasteiger partial charge in [0.05, 0.1) is 17.2 Å². The van der Waals surface area contributed by atoms with Crippen molar-refractivity contribution in [3.8, 4) is 11.5 Å². The maximum absolute atomic E-state index is 12.3. The first-order valence-corrected chi connectivity index (χ1v) is 10.9. The number of cyclic esters (lactones) is 1. The standard InChI is InChI=1S/C27H20ClNO5/c1-2-32-24-17-19(12-14-23(24)33-25(30)15-13-18-8-4-3-5-9-18)16-22-27(31)34-26(29-22)20-10-6-7-11-21(20)28/h3-17H,2H2,1H3/b15-13+,22-16-. The van der Waals surface area contributed by atoms with E-state index in [4.69, 9.17) is 25.8 Å². The molecule has 0 aliphatic carbocycles. The van der Waals surface area contributed by atoms with Crippen molar-refractivity contribution in [2.75, 3.05) is 6.61 Å². The first-order valence-electron chi connectivity index (χ1n) is 10.5. The Kier molecular flexibility index (Phi) is 7.20. The van der Waals surface area contributed by atoms with Crippen LogP contribution in [0, 0.1) is 0 Å². The van der Waals surface area contributed by atoms with Gasteiger partial charge in [-0.3, -0.25) is 0 Å². The number of hydrogen-bond acceptors (Lipinski definition) is 6. The fourth-order valence-corrected chi connectivity index (χ4v) is 3.37. The van der Waals surface area contributed by atoms with E-state index in [1.807, 2.05) is 37.3 Å². The number of aliphatic imine (C=N–C) groups is 1. The molecule has 0 fully saturated rings. The number of hydrogen-bond donors (Lipinski definition) is 0. The number of esters is 2. The molecule has 3 aromatic carbocycles. The molecule has 0 amide bonds. The number of carbonyl (C=O) groups is 2. The normalized spacial score (nSPS) is 14.2. The highest BCUT2D eigenvalue weighted by Gasteiger charge is 2.25. The molecule has 1 aliphatic rings. The predicted octanol–water partition coefficient (Wildman–Crippen LogP) is 5.70. The Hall–Kier alpha value is -4.16. The van der Waals surface area contributed by atoms with Crippen LogP contribution in [0.5, 0.6) is 11.5 Å². The highest BCUT2D eigenvalue weighted by atomic mass is 35.5. The van der Waals surface area contributed by atoms with Gasteiger partial charge in [-0.2, -0.15) is 0 Å². The second-order valence-electron chi connectivity index (χ2n) is 7.12. The average molecular weight is 474 g/mol. The predicted molar refractivity (Wildman–Crippen MR) is 131 cm³/mol. The number of carbonyl (C=O) groups excluding carboxylic acids is 2. The van der Waals surface area contributed by atoms with Crippen molar-refractivity contribution < 1.29 is 23.8 Å². The van der Waals surface area contributed by atoms with Crippen molar-refractivity contribution in [3.63, 3.8) is 0 Å². The summed E-state index contributed by atoms with van der Waals surface area (Å²) < 4.78 is 16.4. The number of rotatable bonds is 7. The minimum atomic E-state index is -0.588. The molecule has 34 heavy (non-hydrogen) atoms. The summed E-state index contributed by atoms with van der Waals surface area (Å²) in [4.78, 5) is 28.9. The molecule has 0 aromatic heterocycles. The van der Waals surface area contributed by atoms with E-state index in [1.54, 1.807) is 54.6 Å². The van der Waals surface area contributed by atoms with Crippen LogP contribution in [0.3, 0.4) is 0 Å². The Morgan fingerprint density at radius 2 is 1.76 bits per heavy atom. The molecule has 0 unspecified atom stereocenters. The number of ether oxygens (including phenoxy) is 3. The van der Waals surface area contributed by atoms with Gasteiger partial charge < -0.3 is 14.2 Å². The monoisotopic (exact) mass is 473 g/mol. The number of halogens is 1. The Balaban J connectivity index is 1.55. The fourth-order valence-electron chi connectivity index (χ4n) is 3.15. The summed E-state index contributed by atoms with van der Waals surface area (Å²) in [6.45, 7) is 2.18. The summed E-state index contributed by atoms with van der Waals surface area (Å²) in [6.07, 6.45) is 4.58. The number of benzene rings is 3. The third-order valence-corrected chi connectivity index (χ3v) is 5.05. The molecular weight excluding hydrogens is 454 g/mol. The lowest BCUT2D eigenvalue weighted by molar-refractivity contribution is -0.130. The molecule has 3 aromatic rings. The number of nitrogens with zero attached hydrogens (tertiary/aromatic N) is 1. The van der Waals surface area contributed by atoms with Crippen LogP contribution < -0.4 is 9.47 Å². The van der Waals surface area contributed by atoms with Gasteiger partial charge in [-0.15, -0.1) is 0 Å². The quantitative estimate of drug-likeness (QED) is 0.250. The van der Waals surface area contributed by atoms with Crippen LogP contribution >= 0.6 is 11.6 Å². The van der Waals surface area contributed by atoms with Crippen molar-refractivity contribution in [1.82, 2.24) is 0 Å². The molecule has 7 heteroatoms. The maximum atomic E-state index is 12.3. The van der Waals surface area contributed by atoms with Crippen LogP contribution in [0.1, 0.15) is 23.6 Å². The maximum Gasteiger partial charge on any atom is 0.363 e. The lowest BCUT2D eigenvalue weighted by Crippen LogP contribution is -2.06. The third kappa shape index (κ3) is 5.60. The summed E-state index contributed by atoms with van der Waals surface area (Å²) in [7, 11) is 0. The molecule has 0 saturated carbocycles. The first kappa shape index (κ1) is 23.0. The van der Waals surface area contributed by atoms with Gasteiger partial charge in [-0.1, -0.05) is 60.1 Å². The van der Waals surface area contributed by atoms with Gasteiger partial charge >= 0.3 is 11.9 Å². The molecule has 0 spiro atoms. The van der Waals surface area contributed by atoms with E-state index in [9.17, 15) is 9.59 Å².